The maximum atomic E-state index is 12.4. The van der Waals surface area contributed by atoms with Crippen molar-refractivity contribution in [3.63, 3.8) is 0 Å². The minimum absolute atomic E-state index is 0.0673. The first-order valence-electron chi connectivity index (χ1n) is 7.67. The van der Waals surface area contributed by atoms with Crippen molar-refractivity contribution in [2.75, 3.05) is 0 Å². The molecule has 0 unspecified atom stereocenters. The fourth-order valence-electron chi connectivity index (χ4n) is 2.54. The van der Waals surface area contributed by atoms with Crippen molar-refractivity contribution in [3.05, 3.63) is 102 Å². The third-order valence-electron chi connectivity index (χ3n) is 3.80. The number of allylic oxidation sites excluding steroid dienone is 1. The van der Waals surface area contributed by atoms with Crippen LogP contribution in [-0.2, 0) is 0 Å². The molecule has 0 aliphatic carbocycles. The number of carbonyl (C=O) groups is 1. The number of carbonyl (C=O) groups excluding carboxylic acids is 1. The largest absolute Gasteiger partial charge is 0.289 e. The molecule has 0 bridgehead atoms. The molecule has 1 heteroatoms. The van der Waals surface area contributed by atoms with Crippen LogP contribution in [-0.4, -0.2) is 5.78 Å². The van der Waals surface area contributed by atoms with Gasteiger partial charge >= 0.3 is 0 Å². The summed E-state index contributed by atoms with van der Waals surface area (Å²) in [5, 5.41) is 0. The average Bonchev–Trinajstić information content (AvgIpc) is 2.63. The van der Waals surface area contributed by atoms with E-state index in [0.29, 0.717) is 0 Å². The van der Waals surface area contributed by atoms with Crippen LogP contribution in [0.5, 0.6) is 0 Å². The Balaban J connectivity index is 1.81. The zero-order valence-electron chi connectivity index (χ0n) is 13.1. The second-order valence-electron chi connectivity index (χ2n) is 5.51. The summed E-state index contributed by atoms with van der Waals surface area (Å²) >= 11 is 0. The Hall–Kier alpha value is -2.93. The number of hydrogen-bond acceptors (Lipinski definition) is 1. The molecule has 1 nitrogen and oxygen atoms in total. The van der Waals surface area contributed by atoms with Gasteiger partial charge in [-0.15, -0.1) is 0 Å². The predicted molar refractivity (Wildman–Crippen MR) is 96.3 cm³/mol. The molecule has 0 aliphatic rings. The van der Waals surface area contributed by atoms with E-state index in [0.717, 1.165) is 16.7 Å². The standard InChI is InChI=1S/C22H18O/c1-17(22(23)21-10-6-3-7-11-21)16-18-12-14-20(15-13-18)19-8-4-2-5-9-19/h2-16H,1H3/b17-16-. The van der Waals surface area contributed by atoms with Crippen LogP contribution in [0.15, 0.2) is 90.5 Å². The van der Waals surface area contributed by atoms with Gasteiger partial charge in [-0.25, -0.2) is 0 Å². The summed E-state index contributed by atoms with van der Waals surface area (Å²) < 4.78 is 0. The van der Waals surface area contributed by atoms with Gasteiger partial charge < -0.3 is 0 Å². The third-order valence-corrected chi connectivity index (χ3v) is 3.80. The highest BCUT2D eigenvalue weighted by Crippen LogP contribution is 2.20. The molecule has 0 heterocycles. The quantitative estimate of drug-likeness (QED) is 0.450. The van der Waals surface area contributed by atoms with E-state index >= 15 is 0 Å². The van der Waals surface area contributed by atoms with Crippen molar-refractivity contribution in [2.45, 2.75) is 6.92 Å². The average molecular weight is 298 g/mol. The Bertz CT molecular complexity index is 813. The maximum absolute atomic E-state index is 12.4. The first kappa shape index (κ1) is 15.0. The van der Waals surface area contributed by atoms with Gasteiger partial charge in [0.15, 0.2) is 5.78 Å². The lowest BCUT2D eigenvalue weighted by atomic mass is 10.0. The smallest absolute Gasteiger partial charge is 0.188 e. The monoisotopic (exact) mass is 298 g/mol. The zero-order valence-corrected chi connectivity index (χ0v) is 13.1. The highest BCUT2D eigenvalue weighted by molar-refractivity contribution is 6.10. The topological polar surface area (TPSA) is 17.1 Å². The molecule has 0 saturated carbocycles. The number of benzene rings is 3. The van der Waals surface area contributed by atoms with Crippen LogP contribution in [0.3, 0.4) is 0 Å². The Kier molecular flexibility index (Phi) is 4.49. The molecule has 0 N–H and O–H groups in total. The SMILES string of the molecule is C/C(=C/c1ccc(-c2ccccc2)cc1)C(=O)c1ccccc1. The summed E-state index contributed by atoms with van der Waals surface area (Å²) in [4.78, 5) is 12.4. The van der Waals surface area contributed by atoms with Crippen LogP contribution >= 0.6 is 0 Å². The van der Waals surface area contributed by atoms with Crippen LogP contribution in [0.25, 0.3) is 17.2 Å². The summed E-state index contributed by atoms with van der Waals surface area (Å²) in [5.74, 6) is 0.0673. The number of rotatable bonds is 4. The van der Waals surface area contributed by atoms with Crippen LogP contribution in [0.4, 0.5) is 0 Å². The number of Topliss-reactive ketones (excluding diaryl/α,β-unsaturated/α-hetero) is 1. The highest BCUT2D eigenvalue weighted by atomic mass is 16.1. The van der Waals surface area contributed by atoms with E-state index in [1.165, 1.54) is 11.1 Å². The summed E-state index contributed by atoms with van der Waals surface area (Å²) in [6.07, 6.45) is 1.93. The van der Waals surface area contributed by atoms with Crippen LogP contribution < -0.4 is 0 Å². The zero-order chi connectivity index (χ0) is 16.1. The van der Waals surface area contributed by atoms with E-state index in [1.54, 1.807) is 0 Å². The fourth-order valence-corrected chi connectivity index (χ4v) is 2.54. The molecule has 0 spiro atoms. The minimum Gasteiger partial charge on any atom is -0.289 e. The fraction of sp³-hybridized carbons (Fsp3) is 0.0455. The molecule has 3 rings (SSSR count). The molecule has 23 heavy (non-hydrogen) atoms. The molecule has 112 valence electrons. The van der Waals surface area contributed by atoms with Gasteiger partial charge in [-0.05, 0) is 35.3 Å². The van der Waals surface area contributed by atoms with E-state index in [2.05, 4.69) is 24.3 Å². The first-order valence-corrected chi connectivity index (χ1v) is 7.67. The van der Waals surface area contributed by atoms with Gasteiger partial charge in [0.1, 0.15) is 0 Å². The van der Waals surface area contributed by atoms with Gasteiger partial charge in [0.05, 0.1) is 0 Å². The molecule has 0 aliphatic heterocycles. The van der Waals surface area contributed by atoms with Gasteiger partial charge in [0, 0.05) is 5.56 Å². The Morgan fingerprint density at radius 2 is 1.22 bits per heavy atom. The lowest BCUT2D eigenvalue weighted by Gasteiger charge is -2.04. The van der Waals surface area contributed by atoms with Crippen molar-refractivity contribution >= 4 is 11.9 Å². The maximum Gasteiger partial charge on any atom is 0.188 e. The second kappa shape index (κ2) is 6.89. The molecule has 0 aromatic heterocycles. The Morgan fingerprint density at radius 3 is 1.83 bits per heavy atom. The molecular weight excluding hydrogens is 280 g/mol. The molecule has 0 amide bonds. The Morgan fingerprint density at radius 1 is 0.696 bits per heavy atom. The molecule has 0 atom stereocenters. The predicted octanol–water partition coefficient (Wildman–Crippen LogP) is 5.64. The van der Waals surface area contributed by atoms with Crippen molar-refractivity contribution in [1.29, 1.82) is 0 Å². The van der Waals surface area contributed by atoms with E-state index in [9.17, 15) is 4.79 Å². The summed E-state index contributed by atoms with van der Waals surface area (Å²) in [6, 6.07) is 27.9. The molecule has 0 saturated heterocycles. The highest BCUT2D eigenvalue weighted by Gasteiger charge is 2.07. The second-order valence-corrected chi connectivity index (χ2v) is 5.51. The lowest BCUT2D eigenvalue weighted by Crippen LogP contribution is -1.99. The van der Waals surface area contributed by atoms with E-state index in [1.807, 2.05) is 73.7 Å². The van der Waals surface area contributed by atoms with Gasteiger partial charge in [0.25, 0.3) is 0 Å². The Labute approximate surface area is 136 Å². The van der Waals surface area contributed by atoms with Crippen molar-refractivity contribution in [1.82, 2.24) is 0 Å². The van der Waals surface area contributed by atoms with E-state index < -0.39 is 0 Å². The van der Waals surface area contributed by atoms with Gasteiger partial charge in [0.2, 0.25) is 0 Å². The van der Waals surface area contributed by atoms with Crippen LogP contribution in [0.1, 0.15) is 22.8 Å². The number of ketones is 1. The van der Waals surface area contributed by atoms with Crippen LogP contribution in [0, 0.1) is 0 Å². The van der Waals surface area contributed by atoms with Crippen LogP contribution in [0.2, 0.25) is 0 Å². The van der Waals surface area contributed by atoms with Crippen molar-refractivity contribution < 1.29 is 4.79 Å². The molecular formula is C22H18O. The summed E-state index contributed by atoms with van der Waals surface area (Å²) in [5.41, 5.74) is 4.87. The molecule has 0 radical (unpaired) electrons. The van der Waals surface area contributed by atoms with E-state index in [-0.39, 0.29) is 5.78 Å². The first-order chi connectivity index (χ1) is 11.2. The molecule has 3 aromatic carbocycles. The van der Waals surface area contributed by atoms with Crippen molar-refractivity contribution in [2.24, 2.45) is 0 Å². The minimum atomic E-state index is 0.0673. The summed E-state index contributed by atoms with van der Waals surface area (Å²) in [7, 11) is 0. The van der Waals surface area contributed by atoms with E-state index in [4.69, 9.17) is 0 Å². The molecule has 3 aromatic rings. The normalized spacial score (nSPS) is 11.3. The summed E-state index contributed by atoms with van der Waals surface area (Å²) in [6.45, 7) is 1.86. The third kappa shape index (κ3) is 3.64. The van der Waals surface area contributed by atoms with Gasteiger partial charge in [-0.3, -0.25) is 4.79 Å². The molecule has 0 fully saturated rings. The van der Waals surface area contributed by atoms with Gasteiger partial charge in [-0.2, -0.15) is 0 Å². The van der Waals surface area contributed by atoms with Gasteiger partial charge in [-0.1, -0.05) is 84.9 Å². The number of hydrogen-bond donors (Lipinski definition) is 0. The lowest BCUT2D eigenvalue weighted by molar-refractivity contribution is 0.103. The van der Waals surface area contributed by atoms with Crippen molar-refractivity contribution in [3.8, 4) is 11.1 Å².